The fourth-order valence-corrected chi connectivity index (χ4v) is 4.49. The number of halogens is 2. The highest BCUT2D eigenvalue weighted by atomic mass is 32.2. The molecule has 0 aromatic carbocycles. The fourth-order valence-electron chi connectivity index (χ4n) is 3.03. The Morgan fingerprint density at radius 3 is 2.22 bits per heavy atom. The largest absolute Gasteiger partial charge is 0.356 e. The molecule has 2 aliphatic heterocycles. The van der Waals surface area contributed by atoms with Crippen LogP contribution in [0.3, 0.4) is 0 Å². The second-order valence-corrected chi connectivity index (χ2v) is 8.10. The van der Waals surface area contributed by atoms with Gasteiger partial charge in [-0.1, -0.05) is 6.42 Å². The molecule has 1 aromatic rings. The van der Waals surface area contributed by atoms with Gasteiger partial charge in [0.2, 0.25) is 10.0 Å². The molecule has 2 saturated heterocycles. The number of rotatable bonds is 3. The average Bonchev–Trinajstić information content (AvgIpc) is 2.56. The van der Waals surface area contributed by atoms with Gasteiger partial charge < -0.3 is 4.90 Å². The molecule has 0 aliphatic carbocycles. The summed E-state index contributed by atoms with van der Waals surface area (Å²) >= 11 is 0. The summed E-state index contributed by atoms with van der Waals surface area (Å²) in [4.78, 5) is 6.13. The Morgan fingerprint density at radius 2 is 1.65 bits per heavy atom. The van der Waals surface area contributed by atoms with E-state index in [1.807, 2.05) is 0 Å². The van der Waals surface area contributed by atoms with Gasteiger partial charge in [-0.25, -0.2) is 22.2 Å². The van der Waals surface area contributed by atoms with Gasteiger partial charge in [0.1, 0.15) is 10.7 Å². The molecule has 128 valence electrons. The van der Waals surface area contributed by atoms with Crippen LogP contribution in [0.25, 0.3) is 0 Å². The smallest absolute Gasteiger partial charge is 0.251 e. The van der Waals surface area contributed by atoms with Crippen LogP contribution in [0.2, 0.25) is 0 Å². The van der Waals surface area contributed by atoms with Crippen molar-refractivity contribution in [2.75, 3.05) is 31.1 Å². The van der Waals surface area contributed by atoms with Gasteiger partial charge in [0, 0.05) is 45.2 Å². The van der Waals surface area contributed by atoms with Gasteiger partial charge in [0.05, 0.1) is 0 Å². The van der Waals surface area contributed by atoms with Crippen LogP contribution in [0.15, 0.2) is 23.2 Å². The highest BCUT2D eigenvalue weighted by Crippen LogP contribution is 2.30. The molecule has 0 atom stereocenters. The number of alkyl halides is 2. The molecule has 0 radical (unpaired) electrons. The summed E-state index contributed by atoms with van der Waals surface area (Å²) in [5.41, 5.74) is 0. The average molecular weight is 345 g/mol. The van der Waals surface area contributed by atoms with Gasteiger partial charge in [0.15, 0.2) is 0 Å². The van der Waals surface area contributed by atoms with E-state index in [2.05, 4.69) is 4.98 Å². The van der Waals surface area contributed by atoms with Gasteiger partial charge >= 0.3 is 0 Å². The Labute approximate surface area is 135 Å². The summed E-state index contributed by atoms with van der Waals surface area (Å²) in [5, 5.41) is 0. The van der Waals surface area contributed by atoms with Crippen LogP contribution in [0.4, 0.5) is 14.6 Å². The van der Waals surface area contributed by atoms with Crippen LogP contribution in [0.1, 0.15) is 32.1 Å². The van der Waals surface area contributed by atoms with Gasteiger partial charge in [-0.3, -0.25) is 0 Å². The number of sulfonamides is 1. The zero-order chi connectivity index (χ0) is 16.5. The molecule has 3 heterocycles. The first kappa shape index (κ1) is 16.6. The fraction of sp³-hybridized carbons (Fsp3) is 0.667. The molecule has 2 fully saturated rings. The van der Waals surface area contributed by atoms with E-state index in [1.165, 1.54) is 16.6 Å². The minimum atomic E-state index is -3.50. The van der Waals surface area contributed by atoms with Crippen LogP contribution < -0.4 is 4.90 Å². The van der Waals surface area contributed by atoms with Gasteiger partial charge in [-0.2, -0.15) is 4.31 Å². The lowest BCUT2D eigenvalue weighted by molar-refractivity contribution is -0.0221. The molecule has 0 N–H and O–H groups in total. The Kier molecular flexibility index (Phi) is 4.55. The summed E-state index contributed by atoms with van der Waals surface area (Å²) in [6, 6.07) is 3.14. The summed E-state index contributed by atoms with van der Waals surface area (Å²) in [6.07, 6.45) is 3.78. The number of nitrogens with zero attached hydrogens (tertiary/aromatic N) is 3. The van der Waals surface area contributed by atoms with E-state index in [9.17, 15) is 17.2 Å². The predicted octanol–water partition coefficient (Wildman–Crippen LogP) is 2.49. The monoisotopic (exact) mass is 345 g/mol. The predicted molar refractivity (Wildman–Crippen MR) is 83.2 cm³/mol. The Hall–Kier alpha value is -1.28. The Bertz CT molecular complexity index is 633. The number of anilines is 1. The number of piperidine rings is 2. The molecule has 23 heavy (non-hydrogen) atoms. The quantitative estimate of drug-likeness (QED) is 0.845. The highest BCUT2D eigenvalue weighted by molar-refractivity contribution is 7.89. The Balaban J connectivity index is 1.72. The first-order valence-electron chi connectivity index (χ1n) is 7.97. The summed E-state index contributed by atoms with van der Waals surface area (Å²) < 4.78 is 52.9. The van der Waals surface area contributed by atoms with E-state index in [4.69, 9.17) is 0 Å². The van der Waals surface area contributed by atoms with Crippen molar-refractivity contribution in [3.05, 3.63) is 18.3 Å². The van der Waals surface area contributed by atoms with Gasteiger partial charge in [0.25, 0.3) is 5.92 Å². The maximum atomic E-state index is 13.2. The second-order valence-electron chi connectivity index (χ2n) is 6.16. The minimum Gasteiger partial charge on any atom is -0.356 e. The SMILES string of the molecule is O=S(=O)(c1ccc(N2CCC(F)(F)CC2)nc1)N1CCCCC1. The normalized spacial score (nSPS) is 23.0. The molecule has 0 saturated carbocycles. The minimum absolute atomic E-state index is 0.172. The third kappa shape index (κ3) is 3.63. The first-order valence-corrected chi connectivity index (χ1v) is 9.41. The number of pyridine rings is 1. The molecule has 0 amide bonds. The van der Waals surface area contributed by atoms with Crippen molar-refractivity contribution in [1.82, 2.24) is 9.29 Å². The number of hydrogen-bond donors (Lipinski definition) is 0. The summed E-state index contributed by atoms with van der Waals surface area (Å²) in [6.45, 7) is 1.56. The van der Waals surface area contributed by atoms with Crippen LogP contribution >= 0.6 is 0 Å². The highest BCUT2D eigenvalue weighted by Gasteiger charge is 2.34. The molecular weight excluding hydrogens is 324 g/mol. The molecule has 2 aliphatic rings. The van der Waals surface area contributed by atoms with E-state index in [1.54, 1.807) is 11.0 Å². The maximum absolute atomic E-state index is 13.2. The molecule has 0 bridgehead atoms. The molecular formula is C15H21F2N3O2S. The molecule has 5 nitrogen and oxygen atoms in total. The summed E-state index contributed by atoms with van der Waals surface area (Å²) in [7, 11) is -3.50. The lowest BCUT2D eigenvalue weighted by Crippen LogP contribution is -2.39. The van der Waals surface area contributed by atoms with Crippen LogP contribution in [-0.4, -0.2) is 49.8 Å². The van der Waals surface area contributed by atoms with E-state index >= 15 is 0 Å². The van der Waals surface area contributed by atoms with E-state index in [0.717, 1.165) is 19.3 Å². The van der Waals surface area contributed by atoms with Gasteiger partial charge in [-0.15, -0.1) is 0 Å². The standard InChI is InChI=1S/C15H21F2N3O2S/c16-15(17)6-10-19(11-7-15)14-5-4-13(12-18-14)23(21,22)20-8-2-1-3-9-20/h4-5,12H,1-3,6-11H2. The van der Waals surface area contributed by atoms with E-state index in [-0.39, 0.29) is 30.8 Å². The van der Waals surface area contributed by atoms with Crippen LogP contribution in [0, 0.1) is 0 Å². The molecule has 3 rings (SSSR count). The number of hydrogen-bond acceptors (Lipinski definition) is 4. The molecule has 0 unspecified atom stereocenters. The first-order chi connectivity index (χ1) is 10.9. The third-order valence-corrected chi connectivity index (χ3v) is 6.37. The van der Waals surface area contributed by atoms with Crippen LogP contribution in [0.5, 0.6) is 0 Å². The van der Waals surface area contributed by atoms with Crippen molar-refractivity contribution in [2.45, 2.75) is 42.9 Å². The van der Waals surface area contributed by atoms with Crippen molar-refractivity contribution in [1.29, 1.82) is 0 Å². The molecule has 8 heteroatoms. The summed E-state index contributed by atoms with van der Waals surface area (Å²) in [5.74, 6) is -2.05. The van der Waals surface area contributed by atoms with Crippen LogP contribution in [-0.2, 0) is 10.0 Å². The lowest BCUT2D eigenvalue weighted by Gasteiger charge is -2.32. The van der Waals surface area contributed by atoms with Crippen molar-refractivity contribution in [3.63, 3.8) is 0 Å². The van der Waals surface area contributed by atoms with Crippen molar-refractivity contribution in [2.24, 2.45) is 0 Å². The van der Waals surface area contributed by atoms with E-state index in [0.29, 0.717) is 18.9 Å². The Morgan fingerprint density at radius 1 is 1.00 bits per heavy atom. The molecule has 1 aromatic heterocycles. The third-order valence-electron chi connectivity index (χ3n) is 4.49. The maximum Gasteiger partial charge on any atom is 0.251 e. The van der Waals surface area contributed by atoms with Crippen molar-refractivity contribution < 1.29 is 17.2 Å². The van der Waals surface area contributed by atoms with Gasteiger partial charge in [-0.05, 0) is 25.0 Å². The van der Waals surface area contributed by atoms with E-state index < -0.39 is 15.9 Å². The molecule has 0 spiro atoms. The van der Waals surface area contributed by atoms with Crippen molar-refractivity contribution >= 4 is 15.8 Å². The second kappa shape index (κ2) is 6.32. The number of aromatic nitrogens is 1. The zero-order valence-corrected chi connectivity index (χ0v) is 13.7. The zero-order valence-electron chi connectivity index (χ0n) is 12.9. The topological polar surface area (TPSA) is 53.5 Å². The van der Waals surface area contributed by atoms with Crippen molar-refractivity contribution in [3.8, 4) is 0 Å². The lowest BCUT2D eigenvalue weighted by atomic mass is 10.1.